The van der Waals surface area contributed by atoms with Gasteiger partial charge in [0.05, 0.1) is 11.9 Å². The van der Waals surface area contributed by atoms with E-state index in [2.05, 4.69) is 15.5 Å². The van der Waals surface area contributed by atoms with Crippen LogP contribution in [-0.2, 0) is 13.8 Å². The second-order valence-corrected chi connectivity index (χ2v) is 5.76. The van der Waals surface area contributed by atoms with Crippen LogP contribution in [0.15, 0.2) is 42.7 Å². The van der Waals surface area contributed by atoms with Crippen LogP contribution in [0, 0.1) is 0 Å². The van der Waals surface area contributed by atoms with Crippen molar-refractivity contribution in [3.05, 3.63) is 59.1 Å². The third-order valence-corrected chi connectivity index (χ3v) is 3.69. The fourth-order valence-corrected chi connectivity index (χ4v) is 2.44. The van der Waals surface area contributed by atoms with E-state index in [1.165, 1.54) is 21.6 Å². The Kier molecular flexibility index (Phi) is 4.90. The third-order valence-electron chi connectivity index (χ3n) is 3.45. The highest BCUT2D eigenvalue weighted by Crippen LogP contribution is 2.17. The van der Waals surface area contributed by atoms with Crippen molar-refractivity contribution in [1.29, 1.82) is 0 Å². The Morgan fingerprint density at radius 3 is 2.88 bits per heavy atom. The number of nitrogens with two attached hydrogens (primary N) is 1. The minimum absolute atomic E-state index is 0.0991. The number of anilines is 1. The van der Waals surface area contributed by atoms with E-state index in [4.69, 9.17) is 22.1 Å². The number of nitrogens with zero attached hydrogens (tertiary/aromatic N) is 4. The number of primary amides is 1. The first-order chi connectivity index (χ1) is 12.4. The first-order valence-electron chi connectivity index (χ1n) is 7.49. The molecule has 3 N–H and O–H groups in total. The molecule has 26 heavy (non-hydrogen) atoms. The highest BCUT2D eigenvalue weighted by atomic mass is 35.5. The van der Waals surface area contributed by atoms with Crippen molar-refractivity contribution in [2.24, 2.45) is 12.8 Å². The molecule has 0 aliphatic heterocycles. The van der Waals surface area contributed by atoms with E-state index in [0.29, 0.717) is 10.8 Å². The van der Waals surface area contributed by atoms with Gasteiger partial charge in [-0.1, -0.05) is 17.7 Å². The Labute approximate surface area is 153 Å². The molecule has 3 aromatic rings. The smallest absolute Gasteiger partial charge is 0.276 e. The molecule has 0 saturated carbocycles. The van der Waals surface area contributed by atoms with E-state index in [1.807, 2.05) is 0 Å². The van der Waals surface area contributed by atoms with E-state index in [-0.39, 0.29) is 23.8 Å². The summed E-state index contributed by atoms with van der Waals surface area (Å²) in [6.45, 7) is 0.104. The van der Waals surface area contributed by atoms with Crippen molar-refractivity contribution in [1.82, 2.24) is 19.6 Å². The van der Waals surface area contributed by atoms with Crippen LogP contribution in [-0.4, -0.2) is 31.4 Å². The number of carbonyl (C=O) groups excluding carboxylic acids is 2. The summed E-state index contributed by atoms with van der Waals surface area (Å²) in [7, 11) is 1.55. The molecule has 2 heterocycles. The van der Waals surface area contributed by atoms with Crippen molar-refractivity contribution in [3.8, 4) is 5.75 Å². The summed E-state index contributed by atoms with van der Waals surface area (Å²) in [4.78, 5) is 23.7. The van der Waals surface area contributed by atoms with Gasteiger partial charge < -0.3 is 15.8 Å². The highest BCUT2D eigenvalue weighted by Gasteiger charge is 2.18. The molecule has 0 saturated heterocycles. The van der Waals surface area contributed by atoms with Crippen LogP contribution < -0.4 is 15.8 Å². The lowest BCUT2D eigenvalue weighted by Crippen LogP contribution is -2.20. The Morgan fingerprint density at radius 2 is 2.15 bits per heavy atom. The van der Waals surface area contributed by atoms with Gasteiger partial charge in [-0.3, -0.25) is 14.3 Å². The molecule has 0 bridgehead atoms. The van der Waals surface area contributed by atoms with Gasteiger partial charge in [0.2, 0.25) is 0 Å². The van der Waals surface area contributed by atoms with Crippen LogP contribution in [0.2, 0.25) is 5.02 Å². The van der Waals surface area contributed by atoms with Crippen LogP contribution in [0.5, 0.6) is 5.75 Å². The maximum absolute atomic E-state index is 12.3. The molecule has 0 fully saturated rings. The van der Waals surface area contributed by atoms with E-state index >= 15 is 0 Å². The molecule has 0 aliphatic rings. The SMILES string of the molecule is Cn1ncc(NC(=O)c2ccn(COc3cccc(Cl)c3)n2)c1C(N)=O. The van der Waals surface area contributed by atoms with Crippen LogP contribution >= 0.6 is 11.6 Å². The molecule has 3 rings (SSSR count). The second-order valence-electron chi connectivity index (χ2n) is 5.32. The maximum Gasteiger partial charge on any atom is 0.276 e. The standard InChI is InChI=1S/C16H15ClN6O3/c1-22-14(15(18)24)13(8-19-22)20-16(25)12-5-6-23(21-12)9-26-11-4-2-3-10(17)7-11/h2-8H,9H2,1H3,(H2,18,24)(H,20,25). The molecule has 2 amide bonds. The van der Waals surface area contributed by atoms with E-state index in [1.54, 1.807) is 37.5 Å². The molecule has 0 unspecified atom stereocenters. The monoisotopic (exact) mass is 374 g/mol. The van der Waals surface area contributed by atoms with Gasteiger partial charge in [0.1, 0.15) is 11.4 Å². The molecule has 2 aromatic heterocycles. The Bertz CT molecular complexity index is 965. The molecular formula is C16H15ClN6O3. The Hall–Kier alpha value is -3.33. The summed E-state index contributed by atoms with van der Waals surface area (Å²) in [5.41, 5.74) is 5.76. The number of nitrogens with one attached hydrogen (secondary N) is 1. The molecular weight excluding hydrogens is 360 g/mol. The van der Waals surface area contributed by atoms with Crippen LogP contribution in [0.4, 0.5) is 5.69 Å². The normalized spacial score (nSPS) is 10.5. The van der Waals surface area contributed by atoms with E-state index < -0.39 is 11.8 Å². The number of benzene rings is 1. The molecule has 0 radical (unpaired) electrons. The third kappa shape index (κ3) is 3.83. The zero-order chi connectivity index (χ0) is 18.7. The molecule has 9 nitrogen and oxygen atoms in total. The Morgan fingerprint density at radius 1 is 1.35 bits per heavy atom. The van der Waals surface area contributed by atoms with E-state index in [0.717, 1.165) is 0 Å². The fourth-order valence-electron chi connectivity index (χ4n) is 2.26. The molecule has 10 heteroatoms. The number of aryl methyl sites for hydroxylation is 1. The number of carbonyl (C=O) groups is 2. The van der Waals surface area contributed by atoms with Crippen molar-refractivity contribution >= 4 is 29.1 Å². The van der Waals surface area contributed by atoms with Gasteiger partial charge in [-0.2, -0.15) is 10.2 Å². The summed E-state index contributed by atoms with van der Waals surface area (Å²) in [6.07, 6.45) is 2.94. The number of amides is 2. The summed E-state index contributed by atoms with van der Waals surface area (Å²) in [5, 5.41) is 11.2. The van der Waals surface area contributed by atoms with Gasteiger partial charge in [0.15, 0.2) is 12.4 Å². The average Bonchev–Trinajstić information content (AvgIpc) is 3.20. The topological polar surface area (TPSA) is 117 Å². The van der Waals surface area contributed by atoms with Crippen LogP contribution in [0.25, 0.3) is 0 Å². The van der Waals surface area contributed by atoms with Gasteiger partial charge in [0, 0.05) is 18.3 Å². The predicted molar refractivity (Wildman–Crippen MR) is 94.0 cm³/mol. The summed E-state index contributed by atoms with van der Waals surface area (Å²) >= 11 is 5.89. The number of hydrogen-bond donors (Lipinski definition) is 2. The zero-order valence-electron chi connectivity index (χ0n) is 13.7. The molecule has 134 valence electrons. The zero-order valence-corrected chi connectivity index (χ0v) is 14.5. The molecule has 0 atom stereocenters. The molecule has 0 aliphatic carbocycles. The summed E-state index contributed by atoms with van der Waals surface area (Å²) < 4.78 is 8.29. The van der Waals surface area contributed by atoms with Crippen molar-refractivity contribution < 1.29 is 14.3 Å². The van der Waals surface area contributed by atoms with Gasteiger partial charge in [0.25, 0.3) is 11.8 Å². The van der Waals surface area contributed by atoms with Crippen molar-refractivity contribution in [3.63, 3.8) is 0 Å². The van der Waals surface area contributed by atoms with E-state index in [9.17, 15) is 9.59 Å². The number of rotatable bonds is 6. The number of aromatic nitrogens is 4. The van der Waals surface area contributed by atoms with Gasteiger partial charge in [-0.15, -0.1) is 0 Å². The van der Waals surface area contributed by atoms with Gasteiger partial charge >= 0.3 is 0 Å². The molecule has 0 spiro atoms. The molecule has 1 aromatic carbocycles. The first kappa shape index (κ1) is 17.5. The van der Waals surface area contributed by atoms with Crippen LogP contribution in [0.1, 0.15) is 21.0 Å². The Balaban J connectivity index is 1.66. The minimum atomic E-state index is -0.694. The number of halogens is 1. The quantitative estimate of drug-likeness (QED) is 0.680. The average molecular weight is 375 g/mol. The minimum Gasteiger partial charge on any atom is -0.471 e. The van der Waals surface area contributed by atoms with Gasteiger partial charge in [-0.25, -0.2) is 4.68 Å². The second kappa shape index (κ2) is 7.28. The largest absolute Gasteiger partial charge is 0.471 e. The van der Waals surface area contributed by atoms with Crippen molar-refractivity contribution in [2.45, 2.75) is 6.73 Å². The fraction of sp³-hybridized carbons (Fsp3) is 0.125. The predicted octanol–water partition coefficient (Wildman–Crippen LogP) is 1.66. The van der Waals surface area contributed by atoms with Crippen LogP contribution in [0.3, 0.4) is 0 Å². The number of hydrogen-bond acceptors (Lipinski definition) is 5. The summed E-state index contributed by atoms with van der Waals surface area (Å²) in [5.74, 6) is -0.608. The van der Waals surface area contributed by atoms with Crippen molar-refractivity contribution in [2.75, 3.05) is 5.32 Å². The maximum atomic E-state index is 12.3. The number of ether oxygens (including phenoxy) is 1. The lowest BCUT2D eigenvalue weighted by atomic mass is 10.3. The highest BCUT2D eigenvalue weighted by molar-refractivity contribution is 6.30. The first-order valence-corrected chi connectivity index (χ1v) is 7.87. The van der Waals surface area contributed by atoms with Gasteiger partial charge in [-0.05, 0) is 24.3 Å². The lowest BCUT2D eigenvalue weighted by molar-refractivity contribution is 0.0992. The summed E-state index contributed by atoms with van der Waals surface area (Å²) in [6, 6.07) is 8.47. The lowest BCUT2D eigenvalue weighted by Gasteiger charge is -2.06.